The molecule has 0 unspecified atom stereocenters. The first-order chi connectivity index (χ1) is 20.4. The zero-order valence-corrected chi connectivity index (χ0v) is 24.1. The van der Waals surface area contributed by atoms with Gasteiger partial charge >= 0.3 is 6.18 Å². The molecule has 3 heterocycles. The summed E-state index contributed by atoms with van der Waals surface area (Å²) in [5.74, 6) is 0.0306. The summed E-state index contributed by atoms with van der Waals surface area (Å²) < 4.78 is 39.1. The van der Waals surface area contributed by atoms with Gasteiger partial charge in [-0.3, -0.25) is 14.6 Å². The van der Waals surface area contributed by atoms with Gasteiger partial charge in [0.1, 0.15) is 11.5 Å². The SMILES string of the molecule is CC(C)(CO)C(=O)NCc1ccc(Cl)c(C(=O)Nc2ccc3c(N4CCC4)nc(-c4ccc(C(F)(F)F)nc4)nc3c2)c1. The van der Waals surface area contributed by atoms with Crippen LogP contribution in [-0.4, -0.2) is 51.6 Å². The maximum absolute atomic E-state index is 13.2. The minimum absolute atomic E-state index is 0.132. The topological polar surface area (TPSA) is 120 Å². The molecular formula is C30H28ClF3N6O3. The summed E-state index contributed by atoms with van der Waals surface area (Å²) in [4.78, 5) is 40.4. The summed E-state index contributed by atoms with van der Waals surface area (Å²) in [7, 11) is 0. The van der Waals surface area contributed by atoms with Crippen LogP contribution in [0.5, 0.6) is 0 Å². The van der Waals surface area contributed by atoms with Crippen LogP contribution in [0, 0.1) is 5.41 Å². The smallest absolute Gasteiger partial charge is 0.395 e. The summed E-state index contributed by atoms with van der Waals surface area (Å²) in [6.45, 7) is 4.62. The van der Waals surface area contributed by atoms with E-state index in [0.717, 1.165) is 37.2 Å². The molecule has 2 aromatic heterocycles. The molecule has 1 fully saturated rings. The molecule has 4 aromatic rings. The second-order valence-corrected chi connectivity index (χ2v) is 11.3. The highest BCUT2D eigenvalue weighted by Crippen LogP contribution is 2.33. The zero-order valence-electron chi connectivity index (χ0n) is 23.3. The maximum atomic E-state index is 13.2. The zero-order chi connectivity index (χ0) is 30.9. The van der Waals surface area contributed by atoms with E-state index in [-0.39, 0.29) is 35.5 Å². The predicted molar refractivity (Wildman–Crippen MR) is 157 cm³/mol. The predicted octanol–water partition coefficient (Wildman–Crippen LogP) is 5.46. The third-order valence-electron chi connectivity index (χ3n) is 7.14. The van der Waals surface area contributed by atoms with Gasteiger partial charge in [-0.15, -0.1) is 0 Å². The number of aromatic nitrogens is 3. The van der Waals surface area contributed by atoms with Gasteiger partial charge in [-0.05, 0) is 68.3 Å². The van der Waals surface area contributed by atoms with Gasteiger partial charge in [-0.1, -0.05) is 17.7 Å². The first-order valence-corrected chi connectivity index (χ1v) is 13.8. The fraction of sp³-hybridized carbons (Fsp3) is 0.300. The number of hydrogen-bond donors (Lipinski definition) is 3. The molecule has 0 atom stereocenters. The molecule has 1 saturated heterocycles. The average molecular weight is 613 g/mol. The van der Waals surface area contributed by atoms with Crippen molar-refractivity contribution in [3.8, 4) is 11.4 Å². The van der Waals surface area contributed by atoms with Crippen molar-refractivity contribution in [3.05, 3.63) is 76.6 Å². The van der Waals surface area contributed by atoms with Gasteiger partial charge in [0.25, 0.3) is 5.91 Å². The average Bonchev–Trinajstić information content (AvgIpc) is 2.95. The van der Waals surface area contributed by atoms with Gasteiger partial charge < -0.3 is 20.6 Å². The van der Waals surface area contributed by atoms with E-state index >= 15 is 0 Å². The van der Waals surface area contributed by atoms with E-state index in [1.807, 2.05) is 0 Å². The van der Waals surface area contributed by atoms with Crippen molar-refractivity contribution in [2.75, 3.05) is 29.9 Å². The summed E-state index contributed by atoms with van der Waals surface area (Å²) in [5, 5.41) is 15.9. The number of pyridine rings is 1. The van der Waals surface area contributed by atoms with E-state index in [9.17, 15) is 27.9 Å². The number of nitrogens with zero attached hydrogens (tertiary/aromatic N) is 4. The Labute approximate surface area is 250 Å². The number of benzene rings is 2. The Bertz CT molecular complexity index is 1690. The number of nitrogens with one attached hydrogen (secondary N) is 2. The number of amides is 2. The van der Waals surface area contributed by atoms with Gasteiger partial charge in [0.2, 0.25) is 5.91 Å². The lowest BCUT2D eigenvalue weighted by Crippen LogP contribution is -2.38. The molecule has 2 amide bonds. The van der Waals surface area contributed by atoms with Crippen molar-refractivity contribution in [2.24, 2.45) is 5.41 Å². The Kier molecular flexibility index (Phi) is 8.26. The van der Waals surface area contributed by atoms with Crippen LogP contribution in [0.15, 0.2) is 54.7 Å². The van der Waals surface area contributed by atoms with Crippen molar-refractivity contribution in [3.63, 3.8) is 0 Å². The van der Waals surface area contributed by atoms with Crippen LogP contribution in [0.3, 0.4) is 0 Å². The second kappa shape index (κ2) is 11.8. The second-order valence-electron chi connectivity index (χ2n) is 10.9. The van der Waals surface area contributed by atoms with Crippen molar-refractivity contribution in [1.29, 1.82) is 0 Å². The van der Waals surface area contributed by atoms with Crippen LogP contribution in [-0.2, 0) is 17.5 Å². The molecule has 9 nitrogen and oxygen atoms in total. The molecule has 43 heavy (non-hydrogen) atoms. The number of carbonyl (C=O) groups excluding carboxylic acids is 2. The molecule has 5 rings (SSSR count). The van der Waals surface area contributed by atoms with E-state index in [0.29, 0.717) is 28.1 Å². The number of carbonyl (C=O) groups is 2. The molecule has 2 aromatic carbocycles. The number of aliphatic hydroxyl groups excluding tert-OH is 1. The maximum Gasteiger partial charge on any atom is 0.433 e. The fourth-order valence-electron chi connectivity index (χ4n) is 4.33. The highest BCUT2D eigenvalue weighted by atomic mass is 35.5. The Hall–Kier alpha value is -4.29. The van der Waals surface area contributed by atoms with E-state index < -0.39 is 23.2 Å². The summed E-state index contributed by atoms with van der Waals surface area (Å²) in [6, 6.07) is 12.1. The molecule has 0 bridgehead atoms. The first kappa shape index (κ1) is 30.2. The number of alkyl halides is 3. The van der Waals surface area contributed by atoms with Crippen LogP contribution in [0.4, 0.5) is 24.7 Å². The first-order valence-electron chi connectivity index (χ1n) is 13.4. The van der Waals surface area contributed by atoms with Gasteiger partial charge in [0.05, 0.1) is 28.1 Å². The van der Waals surface area contributed by atoms with Gasteiger partial charge in [0, 0.05) is 42.5 Å². The Morgan fingerprint density at radius 2 is 1.81 bits per heavy atom. The molecule has 3 N–H and O–H groups in total. The highest BCUT2D eigenvalue weighted by Gasteiger charge is 2.32. The molecule has 0 spiro atoms. The van der Waals surface area contributed by atoms with Crippen molar-refractivity contribution < 1.29 is 27.9 Å². The van der Waals surface area contributed by atoms with Crippen LogP contribution in [0.25, 0.3) is 22.3 Å². The summed E-state index contributed by atoms with van der Waals surface area (Å²) in [5.41, 5.74) is 0.0889. The number of hydrogen-bond acceptors (Lipinski definition) is 7. The lowest BCUT2D eigenvalue weighted by Gasteiger charge is -2.33. The minimum atomic E-state index is -4.56. The molecule has 0 aliphatic carbocycles. The molecule has 1 aliphatic heterocycles. The Morgan fingerprint density at radius 1 is 1.05 bits per heavy atom. The fourth-order valence-corrected chi connectivity index (χ4v) is 4.53. The molecular weight excluding hydrogens is 585 g/mol. The highest BCUT2D eigenvalue weighted by molar-refractivity contribution is 6.34. The standard InChI is InChI=1S/C30H28ClF3N6O3/c1-29(2,16-41)28(43)36-14-17-4-8-22(31)21(12-17)27(42)37-19-6-7-20-23(13-19)38-25(39-26(20)40-10-3-11-40)18-5-9-24(35-15-18)30(32,33)34/h4-9,12-13,15,41H,3,10-11,14,16H2,1-2H3,(H,36,43)(H,37,42). The van der Waals surface area contributed by atoms with Crippen LogP contribution in [0.2, 0.25) is 5.02 Å². The van der Waals surface area contributed by atoms with E-state index in [1.165, 1.54) is 6.07 Å². The lowest BCUT2D eigenvalue weighted by atomic mass is 9.93. The number of rotatable bonds is 8. The minimum Gasteiger partial charge on any atom is -0.395 e. The van der Waals surface area contributed by atoms with Crippen molar-refractivity contribution >= 4 is 45.8 Å². The van der Waals surface area contributed by atoms with E-state index in [4.69, 9.17) is 11.6 Å². The van der Waals surface area contributed by atoms with Gasteiger partial charge in [-0.2, -0.15) is 13.2 Å². The molecule has 0 radical (unpaired) electrons. The van der Waals surface area contributed by atoms with Gasteiger partial charge in [0.15, 0.2) is 5.82 Å². The van der Waals surface area contributed by atoms with Crippen LogP contribution >= 0.6 is 11.6 Å². The monoisotopic (exact) mass is 612 g/mol. The van der Waals surface area contributed by atoms with Crippen LogP contribution in [0.1, 0.15) is 41.9 Å². The summed E-state index contributed by atoms with van der Waals surface area (Å²) in [6.07, 6.45) is -2.48. The number of aliphatic hydroxyl groups is 1. The van der Waals surface area contributed by atoms with Crippen molar-refractivity contribution in [2.45, 2.75) is 33.0 Å². The van der Waals surface area contributed by atoms with Crippen LogP contribution < -0.4 is 15.5 Å². The van der Waals surface area contributed by atoms with E-state index in [1.54, 1.807) is 50.2 Å². The van der Waals surface area contributed by atoms with Gasteiger partial charge in [-0.25, -0.2) is 9.97 Å². The number of fused-ring (bicyclic) bond motifs is 1. The van der Waals surface area contributed by atoms with E-state index in [2.05, 4.69) is 30.5 Å². The third kappa shape index (κ3) is 6.55. The molecule has 1 aliphatic rings. The summed E-state index contributed by atoms with van der Waals surface area (Å²) >= 11 is 6.33. The third-order valence-corrected chi connectivity index (χ3v) is 7.47. The Balaban J connectivity index is 1.41. The largest absolute Gasteiger partial charge is 0.433 e. The van der Waals surface area contributed by atoms with Crippen molar-refractivity contribution in [1.82, 2.24) is 20.3 Å². The lowest BCUT2D eigenvalue weighted by molar-refractivity contribution is -0.141. The molecule has 0 saturated carbocycles. The number of anilines is 2. The number of halogens is 4. The quantitative estimate of drug-likeness (QED) is 0.242. The molecule has 13 heteroatoms. The normalized spacial score (nSPS) is 13.5. The molecule has 224 valence electrons. The Morgan fingerprint density at radius 3 is 2.44 bits per heavy atom.